The number of Topliss-reactive ketones (excluding diaryl/α,β-unsaturated/α-hetero) is 2. The maximum Gasteiger partial charge on any atom is 0.146 e. The first kappa shape index (κ1) is 11.3. The average molecular weight is 171 g/mol. The molecule has 0 aromatic heterocycles. The normalized spacial score (nSPS) is 15.3. The number of nitrogens with one attached hydrogen (secondary N) is 1. The molecule has 0 saturated heterocycles. The summed E-state index contributed by atoms with van der Waals surface area (Å²) in [6, 6.07) is -0.186. The van der Waals surface area contributed by atoms with Crippen molar-refractivity contribution in [2.45, 2.75) is 33.2 Å². The third-order valence-corrected chi connectivity index (χ3v) is 1.93. The lowest BCUT2D eigenvalue weighted by atomic mass is 9.94. The van der Waals surface area contributed by atoms with Crippen molar-refractivity contribution in [3.63, 3.8) is 0 Å². The largest absolute Gasteiger partial charge is 0.310 e. The van der Waals surface area contributed by atoms with Crippen LogP contribution in [-0.4, -0.2) is 24.7 Å². The molecule has 0 fully saturated rings. The highest BCUT2D eigenvalue weighted by atomic mass is 16.1. The van der Waals surface area contributed by atoms with Crippen LogP contribution in [0.3, 0.4) is 0 Å². The Labute approximate surface area is 73.5 Å². The van der Waals surface area contributed by atoms with Gasteiger partial charge in [-0.2, -0.15) is 0 Å². The first-order chi connectivity index (χ1) is 5.49. The number of carbonyl (C=O) groups excluding carboxylic acids is 2. The molecule has 1 N–H and O–H groups in total. The van der Waals surface area contributed by atoms with E-state index in [4.69, 9.17) is 0 Å². The summed E-state index contributed by atoms with van der Waals surface area (Å²) in [7, 11) is 1.74. The highest BCUT2D eigenvalue weighted by Gasteiger charge is 2.20. The quantitative estimate of drug-likeness (QED) is 0.665. The van der Waals surface area contributed by atoms with Gasteiger partial charge >= 0.3 is 0 Å². The number of likely N-dealkylation sites (N-methyl/N-ethyl adjacent to an activating group) is 1. The molecule has 70 valence electrons. The van der Waals surface area contributed by atoms with E-state index in [0.717, 1.165) is 0 Å². The van der Waals surface area contributed by atoms with Gasteiger partial charge in [0.2, 0.25) is 0 Å². The van der Waals surface area contributed by atoms with Gasteiger partial charge in [-0.1, -0.05) is 6.92 Å². The lowest BCUT2D eigenvalue weighted by Crippen LogP contribution is -2.38. The second-order valence-corrected chi connectivity index (χ2v) is 3.26. The van der Waals surface area contributed by atoms with Crippen LogP contribution < -0.4 is 5.32 Å². The number of ketones is 2. The molecule has 0 aliphatic rings. The van der Waals surface area contributed by atoms with Crippen LogP contribution in [0.25, 0.3) is 0 Å². The molecule has 0 aromatic carbocycles. The molecular formula is C9H17NO2. The van der Waals surface area contributed by atoms with Crippen molar-refractivity contribution in [3.8, 4) is 0 Å². The zero-order valence-corrected chi connectivity index (χ0v) is 8.18. The van der Waals surface area contributed by atoms with E-state index in [2.05, 4.69) is 5.32 Å². The molecule has 0 amide bonds. The van der Waals surface area contributed by atoms with Gasteiger partial charge in [-0.15, -0.1) is 0 Å². The summed E-state index contributed by atoms with van der Waals surface area (Å²) < 4.78 is 0. The van der Waals surface area contributed by atoms with E-state index in [1.54, 1.807) is 14.0 Å². The zero-order valence-electron chi connectivity index (χ0n) is 8.18. The summed E-state index contributed by atoms with van der Waals surface area (Å²) in [4.78, 5) is 21.8. The Morgan fingerprint density at radius 3 is 2.08 bits per heavy atom. The molecule has 0 radical (unpaired) electrons. The predicted molar refractivity (Wildman–Crippen MR) is 48.0 cm³/mol. The number of rotatable bonds is 5. The van der Waals surface area contributed by atoms with Crippen molar-refractivity contribution in [3.05, 3.63) is 0 Å². The van der Waals surface area contributed by atoms with Gasteiger partial charge in [0.25, 0.3) is 0 Å². The minimum atomic E-state index is -0.186. The molecule has 2 atom stereocenters. The monoisotopic (exact) mass is 171 g/mol. The summed E-state index contributed by atoms with van der Waals surface area (Å²) in [6.07, 6.45) is 0.463. The predicted octanol–water partition coefficient (Wildman–Crippen LogP) is 0.779. The van der Waals surface area contributed by atoms with E-state index in [9.17, 15) is 9.59 Å². The maximum absolute atomic E-state index is 11.0. The van der Waals surface area contributed by atoms with E-state index in [-0.39, 0.29) is 23.5 Å². The highest BCUT2D eigenvalue weighted by Crippen LogP contribution is 2.09. The van der Waals surface area contributed by atoms with Gasteiger partial charge in [-0.05, 0) is 26.8 Å². The summed E-state index contributed by atoms with van der Waals surface area (Å²) in [5.74, 6) is 0.306. The van der Waals surface area contributed by atoms with Crippen LogP contribution in [0.4, 0.5) is 0 Å². The molecule has 0 aliphatic carbocycles. The molecular weight excluding hydrogens is 154 g/mol. The Balaban J connectivity index is 4.11. The zero-order chi connectivity index (χ0) is 9.72. The Hall–Kier alpha value is -0.700. The second kappa shape index (κ2) is 5.04. The fourth-order valence-corrected chi connectivity index (χ4v) is 1.46. The van der Waals surface area contributed by atoms with E-state index in [0.29, 0.717) is 6.42 Å². The van der Waals surface area contributed by atoms with E-state index in [1.807, 2.05) is 6.92 Å². The van der Waals surface area contributed by atoms with Gasteiger partial charge in [-0.25, -0.2) is 0 Å². The standard InChI is InChI=1S/C9H17NO2/c1-6(5-7(2)11)9(10-4)8(3)12/h6,9-10H,5H2,1-4H3. The van der Waals surface area contributed by atoms with Crippen LogP contribution >= 0.6 is 0 Å². The molecule has 0 spiro atoms. The van der Waals surface area contributed by atoms with Crippen molar-refractivity contribution in [1.29, 1.82) is 0 Å². The summed E-state index contributed by atoms with van der Waals surface area (Å²) >= 11 is 0. The third kappa shape index (κ3) is 3.62. The molecule has 12 heavy (non-hydrogen) atoms. The maximum atomic E-state index is 11.0. The van der Waals surface area contributed by atoms with Crippen molar-refractivity contribution >= 4 is 11.6 Å². The molecule has 0 bridgehead atoms. The topological polar surface area (TPSA) is 46.2 Å². The number of hydrogen-bond acceptors (Lipinski definition) is 3. The lowest BCUT2D eigenvalue weighted by Gasteiger charge is -2.19. The molecule has 3 heteroatoms. The van der Waals surface area contributed by atoms with Crippen LogP contribution in [0.1, 0.15) is 27.2 Å². The minimum absolute atomic E-state index is 0.0880. The second-order valence-electron chi connectivity index (χ2n) is 3.26. The summed E-state index contributed by atoms with van der Waals surface area (Å²) in [5, 5.41) is 2.90. The first-order valence-corrected chi connectivity index (χ1v) is 4.16. The van der Waals surface area contributed by atoms with E-state index in [1.165, 1.54) is 6.92 Å². The molecule has 0 rings (SSSR count). The molecule has 0 aromatic rings. The lowest BCUT2D eigenvalue weighted by molar-refractivity contribution is -0.121. The Kier molecular flexibility index (Phi) is 4.74. The summed E-state index contributed by atoms with van der Waals surface area (Å²) in [6.45, 7) is 4.99. The molecule has 0 aliphatic heterocycles. The molecule has 0 saturated carbocycles. The SMILES string of the molecule is CNC(C(C)=O)C(C)CC(C)=O. The van der Waals surface area contributed by atoms with Crippen molar-refractivity contribution in [2.24, 2.45) is 5.92 Å². The minimum Gasteiger partial charge on any atom is -0.310 e. The molecule has 2 unspecified atom stereocenters. The van der Waals surface area contributed by atoms with E-state index < -0.39 is 0 Å². The van der Waals surface area contributed by atoms with Gasteiger partial charge in [0, 0.05) is 6.42 Å². The van der Waals surface area contributed by atoms with Crippen LogP contribution in [0.2, 0.25) is 0 Å². The van der Waals surface area contributed by atoms with Gasteiger partial charge in [0.1, 0.15) is 11.6 Å². The fourth-order valence-electron chi connectivity index (χ4n) is 1.46. The Morgan fingerprint density at radius 1 is 1.33 bits per heavy atom. The fraction of sp³-hybridized carbons (Fsp3) is 0.778. The molecule has 0 heterocycles. The Morgan fingerprint density at radius 2 is 1.83 bits per heavy atom. The number of carbonyl (C=O) groups is 2. The van der Waals surface area contributed by atoms with E-state index >= 15 is 0 Å². The van der Waals surface area contributed by atoms with Gasteiger partial charge in [0.05, 0.1) is 6.04 Å². The highest BCUT2D eigenvalue weighted by molar-refractivity contribution is 5.83. The van der Waals surface area contributed by atoms with Crippen molar-refractivity contribution in [2.75, 3.05) is 7.05 Å². The van der Waals surface area contributed by atoms with Crippen molar-refractivity contribution < 1.29 is 9.59 Å². The van der Waals surface area contributed by atoms with Gasteiger partial charge < -0.3 is 10.1 Å². The van der Waals surface area contributed by atoms with Crippen LogP contribution in [0.15, 0.2) is 0 Å². The van der Waals surface area contributed by atoms with Gasteiger partial charge in [0.15, 0.2) is 0 Å². The smallest absolute Gasteiger partial charge is 0.146 e. The van der Waals surface area contributed by atoms with Gasteiger partial charge in [-0.3, -0.25) is 4.79 Å². The van der Waals surface area contributed by atoms with Crippen molar-refractivity contribution in [1.82, 2.24) is 5.32 Å². The number of hydrogen-bond donors (Lipinski definition) is 1. The summed E-state index contributed by atoms with van der Waals surface area (Å²) in [5.41, 5.74) is 0. The average Bonchev–Trinajstić information content (AvgIpc) is 1.85. The molecule has 3 nitrogen and oxygen atoms in total. The van der Waals surface area contributed by atoms with Crippen LogP contribution in [0.5, 0.6) is 0 Å². The van der Waals surface area contributed by atoms with Crippen LogP contribution in [0, 0.1) is 5.92 Å². The Bertz CT molecular complexity index is 177. The third-order valence-electron chi connectivity index (χ3n) is 1.93. The van der Waals surface area contributed by atoms with Crippen LogP contribution in [-0.2, 0) is 9.59 Å². The first-order valence-electron chi connectivity index (χ1n) is 4.16.